The van der Waals surface area contributed by atoms with Gasteiger partial charge in [0.1, 0.15) is 6.04 Å². The predicted octanol–water partition coefficient (Wildman–Crippen LogP) is 1.49. The molecule has 1 aromatic heterocycles. The molecule has 2 fully saturated rings. The molecule has 1 unspecified atom stereocenters. The molecule has 0 bridgehead atoms. The fourth-order valence-corrected chi connectivity index (χ4v) is 3.95. The SMILES string of the molecule is NC(=O)C1[C@H]2CCCCN2C(=O)N1c1ccc(-n2ccccc2=O)cc1. The molecule has 0 radical (unpaired) electrons. The van der Waals surface area contributed by atoms with Crippen LogP contribution in [0.2, 0.25) is 0 Å². The molecule has 2 saturated heterocycles. The molecule has 2 aliphatic heterocycles. The highest BCUT2D eigenvalue weighted by molar-refractivity contribution is 6.03. The number of pyridine rings is 1. The van der Waals surface area contributed by atoms with E-state index in [-0.39, 0.29) is 17.6 Å². The van der Waals surface area contributed by atoms with Crippen LogP contribution in [-0.4, -0.2) is 40.0 Å². The van der Waals surface area contributed by atoms with Crippen LogP contribution in [0.3, 0.4) is 0 Å². The molecule has 0 spiro atoms. The van der Waals surface area contributed by atoms with Gasteiger partial charge in [-0.3, -0.25) is 19.1 Å². The van der Waals surface area contributed by atoms with Gasteiger partial charge < -0.3 is 10.6 Å². The lowest BCUT2D eigenvalue weighted by Crippen LogP contribution is -2.48. The van der Waals surface area contributed by atoms with E-state index >= 15 is 0 Å². The Balaban J connectivity index is 1.70. The minimum absolute atomic E-state index is 0.135. The van der Waals surface area contributed by atoms with Gasteiger partial charge in [0.25, 0.3) is 5.56 Å². The average molecular weight is 352 g/mol. The van der Waals surface area contributed by atoms with E-state index in [1.54, 1.807) is 47.5 Å². The second-order valence-electron chi connectivity index (χ2n) is 6.68. The lowest BCUT2D eigenvalue weighted by Gasteiger charge is -2.29. The Hall–Kier alpha value is -3.09. The summed E-state index contributed by atoms with van der Waals surface area (Å²) in [6, 6.07) is 11.0. The van der Waals surface area contributed by atoms with Crippen LogP contribution < -0.4 is 16.2 Å². The molecule has 2 aromatic rings. The van der Waals surface area contributed by atoms with E-state index < -0.39 is 11.9 Å². The first-order valence-electron chi connectivity index (χ1n) is 8.75. The van der Waals surface area contributed by atoms with Gasteiger partial charge in [-0.15, -0.1) is 0 Å². The first kappa shape index (κ1) is 16.4. The van der Waals surface area contributed by atoms with Crippen molar-refractivity contribution in [3.63, 3.8) is 0 Å². The van der Waals surface area contributed by atoms with Crippen LogP contribution in [0.1, 0.15) is 19.3 Å². The van der Waals surface area contributed by atoms with Gasteiger partial charge in [-0.05, 0) is 49.6 Å². The number of rotatable bonds is 3. The second kappa shape index (κ2) is 6.33. The number of carbonyl (C=O) groups is 2. The van der Waals surface area contributed by atoms with Crippen LogP contribution in [0.25, 0.3) is 5.69 Å². The van der Waals surface area contributed by atoms with E-state index in [1.807, 2.05) is 0 Å². The fraction of sp³-hybridized carbons (Fsp3) is 0.316. The van der Waals surface area contributed by atoms with Crippen molar-refractivity contribution in [3.8, 4) is 5.69 Å². The lowest BCUT2D eigenvalue weighted by atomic mass is 9.97. The zero-order valence-corrected chi connectivity index (χ0v) is 14.2. The summed E-state index contributed by atoms with van der Waals surface area (Å²) in [5.41, 5.74) is 6.80. The summed E-state index contributed by atoms with van der Waals surface area (Å²) in [4.78, 5) is 40.1. The van der Waals surface area contributed by atoms with Crippen molar-refractivity contribution in [2.24, 2.45) is 5.73 Å². The molecule has 3 heterocycles. The normalized spacial score (nSPS) is 22.4. The van der Waals surface area contributed by atoms with Gasteiger partial charge in [0, 0.05) is 30.2 Å². The Bertz CT molecular complexity index is 906. The van der Waals surface area contributed by atoms with Gasteiger partial charge in [0.05, 0.1) is 6.04 Å². The number of piperidine rings is 1. The molecule has 3 amide bonds. The molecule has 2 aliphatic rings. The summed E-state index contributed by atoms with van der Waals surface area (Å²) in [6.45, 7) is 0.654. The highest BCUT2D eigenvalue weighted by Crippen LogP contribution is 2.34. The molecule has 134 valence electrons. The molecule has 0 saturated carbocycles. The average Bonchev–Trinajstić information content (AvgIpc) is 2.96. The van der Waals surface area contributed by atoms with Crippen molar-refractivity contribution >= 4 is 17.6 Å². The summed E-state index contributed by atoms with van der Waals surface area (Å²) >= 11 is 0. The van der Waals surface area contributed by atoms with E-state index in [0.29, 0.717) is 17.9 Å². The summed E-state index contributed by atoms with van der Waals surface area (Å²) in [5, 5.41) is 0. The van der Waals surface area contributed by atoms with Crippen LogP contribution in [0.4, 0.5) is 10.5 Å². The lowest BCUT2D eigenvalue weighted by molar-refractivity contribution is -0.119. The molecular formula is C19H20N4O3. The minimum atomic E-state index is -0.659. The molecule has 4 rings (SSSR count). The van der Waals surface area contributed by atoms with E-state index in [0.717, 1.165) is 19.3 Å². The number of hydrogen-bond donors (Lipinski definition) is 1. The summed E-state index contributed by atoms with van der Waals surface area (Å²) in [6.07, 6.45) is 4.40. The number of anilines is 1. The number of primary amides is 1. The van der Waals surface area contributed by atoms with E-state index in [2.05, 4.69) is 0 Å². The van der Waals surface area contributed by atoms with Crippen molar-refractivity contribution in [2.45, 2.75) is 31.3 Å². The first-order valence-corrected chi connectivity index (χ1v) is 8.75. The third-order valence-corrected chi connectivity index (χ3v) is 5.16. The first-order chi connectivity index (χ1) is 12.6. The van der Waals surface area contributed by atoms with E-state index in [4.69, 9.17) is 5.73 Å². The van der Waals surface area contributed by atoms with Crippen molar-refractivity contribution in [3.05, 3.63) is 59.0 Å². The largest absolute Gasteiger partial charge is 0.368 e. The highest BCUT2D eigenvalue weighted by Gasteiger charge is 2.49. The van der Waals surface area contributed by atoms with Gasteiger partial charge in [0.2, 0.25) is 5.91 Å². The van der Waals surface area contributed by atoms with Crippen LogP contribution >= 0.6 is 0 Å². The van der Waals surface area contributed by atoms with Crippen LogP contribution in [0, 0.1) is 0 Å². The quantitative estimate of drug-likeness (QED) is 0.907. The summed E-state index contributed by atoms with van der Waals surface area (Å²) < 4.78 is 1.52. The number of benzene rings is 1. The standard InChI is InChI=1S/C19H20N4O3/c20-18(25)17-15-5-1-3-12-22(15)19(26)23(17)14-9-7-13(8-10-14)21-11-4-2-6-16(21)24/h2,4,6-11,15,17H,1,3,5,12H2,(H2,20,25)/t15-,17?/m1/s1. The number of nitrogens with two attached hydrogens (primary N) is 1. The van der Waals surface area contributed by atoms with Crippen LogP contribution in [0.5, 0.6) is 0 Å². The maximum atomic E-state index is 12.9. The number of hydrogen-bond acceptors (Lipinski definition) is 3. The number of amides is 3. The third kappa shape index (κ3) is 2.56. The van der Waals surface area contributed by atoms with Gasteiger partial charge in [-0.25, -0.2) is 4.79 Å². The minimum Gasteiger partial charge on any atom is -0.368 e. The second-order valence-corrected chi connectivity index (χ2v) is 6.68. The third-order valence-electron chi connectivity index (χ3n) is 5.16. The molecule has 1 aromatic carbocycles. The Morgan fingerprint density at radius 2 is 1.73 bits per heavy atom. The van der Waals surface area contributed by atoms with Gasteiger partial charge in [-0.1, -0.05) is 6.07 Å². The zero-order chi connectivity index (χ0) is 18.3. The van der Waals surface area contributed by atoms with Crippen molar-refractivity contribution < 1.29 is 9.59 Å². The van der Waals surface area contributed by atoms with Gasteiger partial charge in [0.15, 0.2) is 0 Å². The predicted molar refractivity (Wildman–Crippen MR) is 97.2 cm³/mol. The van der Waals surface area contributed by atoms with Gasteiger partial charge >= 0.3 is 6.03 Å². The smallest absolute Gasteiger partial charge is 0.325 e. The molecular weight excluding hydrogens is 332 g/mol. The number of urea groups is 1. The number of fused-ring (bicyclic) bond motifs is 1. The molecule has 26 heavy (non-hydrogen) atoms. The fourth-order valence-electron chi connectivity index (χ4n) is 3.95. The summed E-state index contributed by atoms with van der Waals surface area (Å²) in [7, 11) is 0. The Morgan fingerprint density at radius 3 is 2.42 bits per heavy atom. The van der Waals surface area contributed by atoms with Crippen molar-refractivity contribution in [1.82, 2.24) is 9.47 Å². The van der Waals surface area contributed by atoms with E-state index in [9.17, 15) is 14.4 Å². The van der Waals surface area contributed by atoms with Crippen molar-refractivity contribution in [2.75, 3.05) is 11.4 Å². The van der Waals surface area contributed by atoms with Crippen LogP contribution in [-0.2, 0) is 4.79 Å². The molecule has 7 nitrogen and oxygen atoms in total. The molecule has 2 atom stereocenters. The Kier molecular flexibility index (Phi) is 3.99. The molecule has 2 N–H and O–H groups in total. The Morgan fingerprint density at radius 1 is 1.00 bits per heavy atom. The molecule has 7 heteroatoms. The summed E-state index contributed by atoms with van der Waals surface area (Å²) in [5.74, 6) is -0.490. The van der Waals surface area contributed by atoms with E-state index in [1.165, 1.54) is 15.5 Å². The van der Waals surface area contributed by atoms with Crippen LogP contribution in [0.15, 0.2) is 53.5 Å². The van der Waals surface area contributed by atoms with Crippen molar-refractivity contribution in [1.29, 1.82) is 0 Å². The maximum absolute atomic E-state index is 12.9. The zero-order valence-electron chi connectivity index (χ0n) is 14.2. The number of nitrogens with zero attached hydrogens (tertiary/aromatic N) is 3. The highest BCUT2D eigenvalue weighted by atomic mass is 16.2. The topological polar surface area (TPSA) is 88.6 Å². The Labute approximate surface area is 150 Å². The maximum Gasteiger partial charge on any atom is 0.325 e. The number of carbonyl (C=O) groups excluding carboxylic acids is 2. The van der Waals surface area contributed by atoms with Gasteiger partial charge in [-0.2, -0.15) is 0 Å². The monoisotopic (exact) mass is 352 g/mol. The number of aromatic nitrogens is 1. The molecule has 0 aliphatic carbocycles.